The molecule has 180 valence electrons. The number of aryl methyl sites for hydroxylation is 1. The summed E-state index contributed by atoms with van der Waals surface area (Å²) in [4.78, 5) is 21.1. The number of aromatic nitrogens is 3. The van der Waals surface area contributed by atoms with E-state index in [1.165, 1.54) is 0 Å². The number of ether oxygens (including phenoxy) is 1. The van der Waals surface area contributed by atoms with Gasteiger partial charge in [-0.3, -0.25) is 9.67 Å². The van der Waals surface area contributed by atoms with Crippen molar-refractivity contribution in [2.24, 2.45) is 7.05 Å². The van der Waals surface area contributed by atoms with Gasteiger partial charge in [0.05, 0.1) is 11.7 Å². The molecule has 2 aromatic heterocycles. The zero-order valence-electron chi connectivity index (χ0n) is 20.7. The quantitative estimate of drug-likeness (QED) is 0.404. The van der Waals surface area contributed by atoms with Crippen LogP contribution >= 0.6 is 0 Å². The lowest BCUT2D eigenvalue weighted by atomic mass is 9.96. The topological polar surface area (TPSA) is 63.5 Å². The van der Waals surface area contributed by atoms with Crippen molar-refractivity contribution >= 4 is 22.7 Å². The fourth-order valence-electron chi connectivity index (χ4n) is 4.48. The van der Waals surface area contributed by atoms with Gasteiger partial charge >= 0.3 is 6.09 Å². The fraction of sp³-hybridized carbons (Fsp3) is 0.321. The third-order valence-electron chi connectivity index (χ3n) is 6.23. The van der Waals surface area contributed by atoms with E-state index >= 15 is 0 Å². The van der Waals surface area contributed by atoms with Crippen LogP contribution in [0.15, 0.2) is 67.1 Å². The molecule has 0 atom stereocenters. The van der Waals surface area contributed by atoms with Gasteiger partial charge in [0.25, 0.3) is 0 Å². The van der Waals surface area contributed by atoms with E-state index in [0.717, 1.165) is 51.9 Å². The van der Waals surface area contributed by atoms with E-state index in [4.69, 9.17) is 4.74 Å². The highest BCUT2D eigenvalue weighted by atomic mass is 16.6. The standard InChI is InChI=1S/C28H31N5O2/c1-28(2,3)35-27(34)33-14-12-32(13-15-33)23-9-7-20(8-10-23)25-16-21(22-18-30-31(4)19-22)17-26-24(25)6-5-11-29-26/h5-11,16-19H,12-15H2,1-4H3. The summed E-state index contributed by atoms with van der Waals surface area (Å²) in [5.41, 5.74) is 6.11. The maximum absolute atomic E-state index is 12.4. The number of hydrogen-bond donors (Lipinski definition) is 0. The first kappa shape index (κ1) is 22.9. The number of anilines is 1. The van der Waals surface area contributed by atoms with Crippen LogP contribution in [0.4, 0.5) is 10.5 Å². The van der Waals surface area contributed by atoms with E-state index in [2.05, 4.69) is 57.4 Å². The second-order valence-corrected chi connectivity index (χ2v) is 10.00. The van der Waals surface area contributed by atoms with Gasteiger partial charge in [-0.2, -0.15) is 5.10 Å². The van der Waals surface area contributed by atoms with Crippen LogP contribution in [0.25, 0.3) is 33.2 Å². The molecule has 0 bridgehead atoms. The summed E-state index contributed by atoms with van der Waals surface area (Å²) in [6, 6.07) is 17.1. The molecule has 0 radical (unpaired) electrons. The summed E-state index contributed by atoms with van der Waals surface area (Å²) in [5, 5.41) is 5.45. The van der Waals surface area contributed by atoms with Gasteiger partial charge in [-0.25, -0.2) is 4.79 Å². The van der Waals surface area contributed by atoms with Gasteiger partial charge in [0.1, 0.15) is 5.60 Å². The maximum atomic E-state index is 12.4. The molecule has 0 unspecified atom stereocenters. The summed E-state index contributed by atoms with van der Waals surface area (Å²) in [5.74, 6) is 0. The average molecular weight is 470 g/mol. The predicted molar refractivity (Wildman–Crippen MR) is 139 cm³/mol. The predicted octanol–water partition coefficient (Wildman–Crippen LogP) is 5.36. The Bertz CT molecular complexity index is 1350. The van der Waals surface area contributed by atoms with Crippen molar-refractivity contribution in [2.45, 2.75) is 26.4 Å². The number of fused-ring (bicyclic) bond motifs is 1. The third kappa shape index (κ3) is 4.99. The Morgan fingerprint density at radius 3 is 2.34 bits per heavy atom. The maximum Gasteiger partial charge on any atom is 0.410 e. The summed E-state index contributed by atoms with van der Waals surface area (Å²) in [7, 11) is 1.93. The lowest BCUT2D eigenvalue weighted by Crippen LogP contribution is -2.50. The van der Waals surface area contributed by atoms with Crippen molar-refractivity contribution in [3.63, 3.8) is 0 Å². The summed E-state index contributed by atoms with van der Waals surface area (Å²) in [6.45, 7) is 8.56. The first-order chi connectivity index (χ1) is 16.8. The van der Waals surface area contributed by atoms with Gasteiger partial charge in [-0.05, 0) is 67.8 Å². The minimum Gasteiger partial charge on any atom is -0.444 e. The Hall–Kier alpha value is -3.87. The van der Waals surface area contributed by atoms with Crippen LogP contribution in [0.5, 0.6) is 0 Å². The molecule has 1 aliphatic heterocycles. The Morgan fingerprint density at radius 1 is 0.943 bits per heavy atom. The van der Waals surface area contributed by atoms with Gasteiger partial charge in [-0.1, -0.05) is 18.2 Å². The lowest BCUT2D eigenvalue weighted by molar-refractivity contribution is 0.0240. The van der Waals surface area contributed by atoms with Crippen molar-refractivity contribution in [1.29, 1.82) is 0 Å². The third-order valence-corrected chi connectivity index (χ3v) is 6.23. The zero-order chi connectivity index (χ0) is 24.6. The number of carbonyl (C=O) groups excluding carboxylic acids is 1. The molecule has 3 heterocycles. The molecule has 4 aromatic rings. The summed E-state index contributed by atoms with van der Waals surface area (Å²) >= 11 is 0. The van der Waals surface area contributed by atoms with E-state index in [9.17, 15) is 4.79 Å². The van der Waals surface area contributed by atoms with E-state index < -0.39 is 5.60 Å². The van der Waals surface area contributed by atoms with E-state index in [0.29, 0.717) is 13.1 Å². The van der Waals surface area contributed by atoms with Crippen molar-refractivity contribution in [2.75, 3.05) is 31.1 Å². The summed E-state index contributed by atoms with van der Waals surface area (Å²) < 4.78 is 7.33. The lowest BCUT2D eigenvalue weighted by Gasteiger charge is -2.36. The summed E-state index contributed by atoms with van der Waals surface area (Å²) in [6.07, 6.45) is 5.50. The first-order valence-electron chi connectivity index (χ1n) is 12.0. The average Bonchev–Trinajstić information content (AvgIpc) is 3.29. The van der Waals surface area contributed by atoms with Crippen LogP contribution < -0.4 is 4.90 Å². The Kier molecular flexibility index (Phi) is 5.93. The van der Waals surface area contributed by atoms with E-state index in [-0.39, 0.29) is 6.09 Å². The van der Waals surface area contributed by atoms with Gasteiger partial charge in [-0.15, -0.1) is 0 Å². The molecule has 0 aliphatic carbocycles. The Balaban J connectivity index is 1.37. The van der Waals surface area contributed by atoms with Crippen molar-refractivity contribution in [1.82, 2.24) is 19.7 Å². The van der Waals surface area contributed by atoms with Crippen LogP contribution in [0, 0.1) is 0 Å². The van der Waals surface area contributed by atoms with E-state index in [1.807, 2.05) is 57.2 Å². The van der Waals surface area contributed by atoms with Gasteiger partial charge in [0.15, 0.2) is 0 Å². The minimum atomic E-state index is -0.474. The highest BCUT2D eigenvalue weighted by molar-refractivity contribution is 5.98. The second-order valence-electron chi connectivity index (χ2n) is 10.00. The highest BCUT2D eigenvalue weighted by Gasteiger charge is 2.26. The number of hydrogen-bond acceptors (Lipinski definition) is 5. The molecule has 2 aromatic carbocycles. The largest absolute Gasteiger partial charge is 0.444 e. The van der Waals surface area contributed by atoms with Gasteiger partial charge in [0, 0.05) is 62.3 Å². The van der Waals surface area contributed by atoms with Crippen LogP contribution in [0.1, 0.15) is 20.8 Å². The molecule has 35 heavy (non-hydrogen) atoms. The first-order valence-corrected chi connectivity index (χ1v) is 12.0. The van der Waals surface area contributed by atoms with Gasteiger partial charge < -0.3 is 14.5 Å². The zero-order valence-corrected chi connectivity index (χ0v) is 20.7. The van der Waals surface area contributed by atoms with Crippen LogP contribution in [0.2, 0.25) is 0 Å². The number of piperazine rings is 1. The smallest absolute Gasteiger partial charge is 0.410 e. The van der Waals surface area contributed by atoms with Crippen LogP contribution in [-0.4, -0.2) is 57.5 Å². The van der Waals surface area contributed by atoms with E-state index in [1.54, 1.807) is 4.90 Å². The molecular weight excluding hydrogens is 438 g/mol. The SMILES string of the molecule is Cn1cc(-c2cc(-c3ccc(N4CCN(C(=O)OC(C)(C)C)CC4)cc3)c3cccnc3c2)cn1. The molecule has 0 spiro atoms. The van der Waals surface area contributed by atoms with Gasteiger partial charge in [0.2, 0.25) is 0 Å². The number of pyridine rings is 1. The molecule has 1 amide bonds. The van der Waals surface area contributed by atoms with Crippen LogP contribution in [0.3, 0.4) is 0 Å². The molecule has 0 N–H and O–H groups in total. The molecule has 1 aliphatic rings. The minimum absolute atomic E-state index is 0.235. The second kappa shape index (κ2) is 9.06. The fourth-order valence-corrected chi connectivity index (χ4v) is 4.48. The van der Waals surface area contributed by atoms with Crippen molar-refractivity contribution in [3.05, 3.63) is 67.1 Å². The number of benzene rings is 2. The number of rotatable bonds is 3. The van der Waals surface area contributed by atoms with Crippen molar-refractivity contribution in [3.8, 4) is 22.3 Å². The Labute approximate surface area is 205 Å². The molecule has 1 fully saturated rings. The molecule has 0 saturated carbocycles. The molecule has 7 nitrogen and oxygen atoms in total. The molecular formula is C28H31N5O2. The number of nitrogens with zero attached hydrogens (tertiary/aromatic N) is 5. The number of amides is 1. The molecule has 5 rings (SSSR count). The number of carbonyl (C=O) groups is 1. The normalized spacial score (nSPS) is 14.4. The highest BCUT2D eigenvalue weighted by Crippen LogP contribution is 2.34. The monoisotopic (exact) mass is 469 g/mol. The molecule has 7 heteroatoms. The molecule has 1 saturated heterocycles. The van der Waals surface area contributed by atoms with Crippen LogP contribution in [-0.2, 0) is 11.8 Å². The van der Waals surface area contributed by atoms with Crippen molar-refractivity contribution < 1.29 is 9.53 Å². The Morgan fingerprint density at radius 2 is 1.69 bits per heavy atom.